The zero-order chi connectivity index (χ0) is 11.7. The molecule has 88 valence electrons. The molecule has 0 aliphatic heterocycles. The quantitative estimate of drug-likeness (QED) is 0.823. The van der Waals surface area contributed by atoms with Gasteiger partial charge in [-0.1, -0.05) is 11.6 Å². The van der Waals surface area contributed by atoms with Crippen molar-refractivity contribution in [2.24, 2.45) is 0 Å². The van der Waals surface area contributed by atoms with Crippen LogP contribution >= 0.6 is 23.1 Å². The number of nitrogens with zero attached hydrogens (tertiary/aromatic N) is 1. The number of rotatable bonds is 2. The van der Waals surface area contributed by atoms with E-state index in [-0.39, 0.29) is 0 Å². The Balaban J connectivity index is 1.80. The Morgan fingerprint density at radius 1 is 1.12 bits per heavy atom. The molecule has 17 heavy (non-hydrogen) atoms. The van der Waals surface area contributed by atoms with E-state index < -0.39 is 0 Å². The summed E-state index contributed by atoms with van der Waals surface area (Å²) in [6.45, 7) is 0. The molecule has 0 fully saturated rings. The van der Waals surface area contributed by atoms with Gasteiger partial charge in [0.05, 0.1) is 10.6 Å². The van der Waals surface area contributed by atoms with E-state index in [9.17, 15) is 0 Å². The number of halogens is 1. The highest BCUT2D eigenvalue weighted by atomic mass is 35.5. The summed E-state index contributed by atoms with van der Waals surface area (Å²) < 4.78 is 2.10. The first-order chi connectivity index (χ1) is 8.31. The van der Waals surface area contributed by atoms with Crippen molar-refractivity contribution in [3.8, 4) is 0 Å². The first-order valence-electron chi connectivity index (χ1n) is 5.87. The maximum absolute atomic E-state index is 5.87. The fraction of sp³-hybridized carbons (Fsp3) is 0.308. The van der Waals surface area contributed by atoms with Crippen LogP contribution in [0.25, 0.3) is 0 Å². The van der Waals surface area contributed by atoms with Gasteiger partial charge in [0, 0.05) is 10.6 Å². The van der Waals surface area contributed by atoms with Crippen LogP contribution in [0.1, 0.15) is 23.3 Å². The van der Waals surface area contributed by atoms with Crippen molar-refractivity contribution in [3.05, 3.63) is 45.9 Å². The van der Waals surface area contributed by atoms with E-state index in [0.29, 0.717) is 0 Å². The number of aryl methyl sites for hydroxylation is 2. The SMILES string of the molecule is Clc1ccc(N[n+]2cc3c(s2)CCCC3)cc1. The number of aromatic nitrogens is 1. The Kier molecular flexibility index (Phi) is 3.04. The molecular formula is C13H14ClN2S+. The van der Waals surface area contributed by atoms with Crippen molar-refractivity contribution < 1.29 is 4.07 Å². The minimum atomic E-state index is 0.769. The van der Waals surface area contributed by atoms with Gasteiger partial charge < -0.3 is 0 Å². The summed E-state index contributed by atoms with van der Waals surface area (Å²) in [5, 5.41) is 0.769. The minimum absolute atomic E-state index is 0.769. The maximum atomic E-state index is 5.87. The first kappa shape index (κ1) is 11.1. The van der Waals surface area contributed by atoms with Gasteiger partial charge in [0.25, 0.3) is 0 Å². The lowest BCUT2D eigenvalue weighted by molar-refractivity contribution is -0.570. The molecule has 1 aromatic carbocycles. The van der Waals surface area contributed by atoms with Gasteiger partial charge in [-0.2, -0.15) is 0 Å². The average molecular weight is 266 g/mol. The van der Waals surface area contributed by atoms with E-state index in [1.165, 1.54) is 36.1 Å². The average Bonchev–Trinajstić information content (AvgIpc) is 2.74. The summed E-state index contributed by atoms with van der Waals surface area (Å²) in [5.41, 5.74) is 5.93. The second-order valence-corrected chi connectivity index (χ2v) is 5.83. The van der Waals surface area contributed by atoms with Crippen LogP contribution < -0.4 is 9.49 Å². The largest absolute Gasteiger partial charge is 0.220 e. The lowest BCUT2D eigenvalue weighted by atomic mass is 10.0. The molecule has 0 unspecified atom stereocenters. The Morgan fingerprint density at radius 3 is 2.65 bits per heavy atom. The number of anilines is 1. The highest BCUT2D eigenvalue weighted by molar-refractivity contribution is 7.02. The minimum Gasteiger partial charge on any atom is -0.148 e. The summed E-state index contributed by atoms with van der Waals surface area (Å²) in [6.07, 6.45) is 7.32. The van der Waals surface area contributed by atoms with Crippen LogP contribution in [0.2, 0.25) is 5.02 Å². The fourth-order valence-electron chi connectivity index (χ4n) is 2.14. The lowest BCUT2D eigenvalue weighted by Gasteiger charge is -2.04. The number of hydrogen-bond acceptors (Lipinski definition) is 2. The molecule has 3 rings (SSSR count). The van der Waals surface area contributed by atoms with Crippen LogP contribution in [0.4, 0.5) is 5.69 Å². The highest BCUT2D eigenvalue weighted by Gasteiger charge is 2.19. The van der Waals surface area contributed by atoms with Gasteiger partial charge >= 0.3 is 0 Å². The third-order valence-electron chi connectivity index (χ3n) is 3.02. The van der Waals surface area contributed by atoms with E-state index in [1.54, 1.807) is 11.5 Å². The third kappa shape index (κ3) is 2.45. The van der Waals surface area contributed by atoms with Crippen LogP contribution in [0.15, 0.2) is 30.5 Å². The summed E-state index contributed by atoms with van der Waals surface area (Å²) in [5.74, 6) is 0. The van der Waals surface area contributed by atoms with Crippen LogP contribution in [0, 0.1) is 0 Å². The number of benzene rings is 1. The molecule has 1 aromatic heterocycles. The van der Waals surface area contributed by atoms with Crippen LogP contribution in [-0.4, -0.2) is 0 Å². The van der Waals surface area contributed by atoms with Gasteiger partial charge in [0.15, 0.2) is 11.5 Å². The summed E-state index contributed by atoms with van der Waals surface area (Å²) >= 11 is 7.67. The molecule has 2 aromatic rings. The Morgan fingerprint density at radius 2 is 1.88 bits per heavy atom. The molecule has 0 radical (unpaired) electrons. The molecule has 4 heteroatoms. The predicted octanol–water partition coefficient (Wildman–Crippen LogP) is 3.44. The van der Waals surface area contributed by atoms with Gasteiger partial charge in [-0.15, -0.1) is 5.43 Å². The highest BCUT2D eigenvalue weighted by Crippen LogP contribution is 2.23. The standard InChI is InChI=1S/C13H14ClN2S/c14-11-5-7-12(8-6-11)15-16-9-10-3-1-2-4-13(10)17-16/h5-9,15H,1-4H2/q+1. The molecule has 0 saturated heterocycles. The summed E-state index contributed by atoms with van der Waals surface area (Å²) in [7, 11) is 0. The van der Waals surface area contributed by atoms with E-state index >= 15 is 0 Å². The molecule has 0 saturated carbocycles. The van der Waals surface area contributed by atoms with Crippen molar-refractivity contribution in [1.82, 2.24) is 0 Å². The van der Waals surface area contributed by atoms with Crippen molar-refractivity contribution in [2.45, 2.75) is 25.7 Å². The Hall–Kier alpha value is -1.06. The van der Waals surface area contributed by atoms with Gasteiger partial charge in [0.2, 0.25) is 6.20 Å². The van der Waals surface area contributed by atoms with E-state index in [4.69, 9.17) is 11.6 Å². The lowest BCUT2D eigenvalue weighted by Crippen LogP contribution is -2.37. The van der Waals surface area contributed by atoms with Crippen LogP contribution in [0.3, 0.4) is 0 Å². The molecular weight excluding hydrogens is 252 g/mol. The smallest absolute Gasteiger partial charge is 0.148 e. The number of hydrogen-bond donors (Lipinski definition) is 1. The van der Waals surface area contributed by atoms with Crippen LogP contribution in [0.5, 0.6) is 0 Å². The Bertz CT molecular complexity index is 495. The molecule has 0 spiro atoms. The molecule has 1 aliphatic rings. The second-order valence-electron chi connectivity index (χ2n) is 4.32. The van der Waals surface area contributed by atoms with Crippen molar-refractivity contribution >= 4 is 28.8 Å². The number of fused-ring (bicyclic) bond motifs is 1. The van der Waals surface area contributed by atoms with Gasteiger partial charge in [0.1, 0.15) is 0 Å². The summed E-state index contributed by atoms with van der Waals surface area (Å²) in [6, 6.07) is 7.79. The zero-order valence-electron chi connectivity index (χ0n) is 9.45. The van der Waals surface area contributed by atoms with E-state index in [0.717, 1.165) is 10.7 Å². The normalized spacial score (nSPS) is 14.4. The number of nitrogens with one attached hydrogen (secondary N) is 1. The van der Waals surface area contributed by atoms with Gasteiger partial charge in [-0.05, 0) is 54.0 Å². The predicted molar refractivity (Wildman–Crippen MR) is 71.6 cm³/mol. The maximum Gasteiger partial charge on any atom is 0.220 e. The summed E-state index contributed by atoms with van der Waals surface area (Å²) in [4.78, 5) is 1.53. The monoisotopic (exact) mass is 265 g/mol. The van der Waals surface area contributed by atoms with Crippen molar-refractivity contribution in [1.29, 1.82) is 0 Å². The first-order valence-corrected chi connectivity index (χ1v) is 7.03. The molecule has 0 amide bonds. The molecule has 1 aliphatic carbocycles. The Labute approximate surface area is 110 Å². The van der Waals surface area contributed by atoms with Crippen molar-refractivity contribution in [3.63, 3.8) is 0 Å². The molecule has 0 atom stereocenters. The van der Waals surface area contributed by atoms with Gasteiger partial charge in [-0.25, -0.2) is 0 Å². The molecule has 2 nitrogen and oxygen atoms in total. The molecule has 1 heterocycles. The van der Waals surface area contributed by atoms with Crippen LogP contribution in [-0.2, 0) is 12.8 Å². The molecule has 0 bridgehead atoms. The second kappa shape index (κ2) is 4.67. The van der Waals surface area contributed by atoms with Crippen molar-refractivity contribution in [2.75, 3.05) is 5.43 Å². The van der Waals surface area contributed by atoms with E-state index in [1.807, 2.05) is 24.3 Å². The topological polar surface area (TPSA) is 15.9 Å². The third-order valence-corrected chi connectivity index (χ3v) is 4.36. The van der Waals surface area contributed by atoms with E-state index in [2.05, 4.69) is 15.7 Å². The molecule has 1 N–H and O–H groups in total. The zero-order valence-corrected chi connectivity index (χ0v) is 11.0. The van der Waals surface area contributed by atoms with Gasteiger partial charge in [-0.3, -0.25) is 0 Å². The fourth-order valence-corrected chi connectivity index (χ4v) is 3.34.